The first-order valence-corrected chi connectivity index (χ1v) is 7.90. The number of aromatic nitrogens is 4. The molecule has 4 aromatic rings. The Morgan fingerprint density at radius 3 is 2.21 bits per heavy atom. The lowest BCUT2D eigenvalue weighted by Crippen LogP contribution is -2.15. The van der Waals surface area contributed by atoms with Crippen molar-refractivity contribution < 1.29 is 0 Å². The second kappa shape index (κ2) is 5.77. The van der Waals surface area contributed by atoms with Crippen molar-refractivity contribution in [1.29, 1.82) is 0 Å². The monoisotopic (exact) mass is 316 g/mol. The molecule has 0 atom stereocenters. The Kier molecular flexibility index (Phi) is 3.46. The Labute approximate surface area is 138 Å². The molecule has 1 N–H and O–H groups in total. The number of fused-ring (bicyclic) bond motifs is 1. The zero-order chi connectivity index (χ0) is 16.5. The summed E-state index contributed by atoms with van der Waals surface area (Å²) in [6.45, 7) is 1.99. The van der Waals surface area contributed by atoms with Crippen LogP contribution in [0.25, 0.3) is 28.3 Å². The Balaban J connectivity index is 2.04. The van der Waals surface area contributed by atoms with Crippen molar-refractivity contribution in [2.75, 3.05) is 0 Å². The minimum Gasteiger partial charge on any atom is -0.303 e. The van der Waals surface area contributed by atoms with Gasteiger partial charge in [-0.25, -0.2) is 9.50 Å². The van der Waals surface area contributed by atoms with Crippen molar-refractivity contribution >= 4 is 5.52 Å². The van der Waals surface area contributed by atoms with E-state index in [0.717, 1.165) is 16.8 Å². The Morgan fingerprint density at radius 1 is 0.958 bits per heavy atom. The molecule has 0 saturated carbocycles. The summed E-state index contributed by atoms with van der Waals surface area (Å²) < 4.78 is 1.66. The van der Waals surface area contributed by atoms with Crippen LogP contribution in [-0.4, -0.2) is 19.6 Å². The van der Waals surface area contributed by atoms with E-state index in [0.29, 0.717) is 23.6 Å². The van der Waals surface area contributed by atoms with Gasteiger partial charge in [0.2, 0.25) is 0 Å². The molecule has 0 saturated heterocycles. The van der Waals surface area contributed by atoms with E-state index < -0.39 is 0 Å². The van der Waals surface area contributed by atoms with Crippen LogP contribution >= 0.6 is 0 Å². The van der Waals surface area contributed by atoms with E-state index >= 15 is 0 Å². The highest BCUT2D eigenvalue weighted by molar-refractivity contribution is 5.65. The van der Waals surface area contributed by atoms with E-state index in [9.17, 15) is 4.79 Å². The van der Waals surface area contributed by atoms with Crippen LogP contribution in [0.3, 0.4) is 0 Å². The first kappa shape index (κ1) is 14.4. The third-order valence-corrected chi connectivity index (χ3v) is 3.99. The number of H-pyrrole nitrogens is 1. The largest absolute Gasteiger partial charge is 0.303 e. The van der Waals surface area contributed by atoms with Crippen molar-refractivity contribution in [2.24, 2.45) is 0 Å². The van der Waals surface area contributed by atoms with E-state index in [1.807, 2.05) is 67.6 Å². The summed E-state index contributed by atoms with van der Waals surface area (Å²) in [7, 11) is 0. The van der Waals surface area contributed by atoms with Gasteiger partial charge in [0.15, 0.2) is 17.2 Å². The first-order valence-electron chi connectivity index (χ1n) is 7.90. The van der Waals surface area contributed by atoms with Gasteiger partial charge in [0.25, 0.3) is 5.56 Å². The van der Waals surface area contributed by atoms with Gasteiger partial charge in [-0.1, -0.05) is 67.6 Å². The predicted molar refractivity (Wildman–Crippen MR) is 93.9 cm³/mol. The van der Waals surface area contributed by atoms with Crippen molar-refractivity contribution in [1.82, 2.24) is 19.6 Å². The molecule has 0 amide bonds. The van der Waals surface area contributed by atoms with Crippen molar-refractivity contribution in [2.45, 2.75) is 13.3 Å². The molecule has 2 aromatic heterocycles. The average Bonchev–Trinajstić information content (AvgIpc) is 3.02. The maximum atomic E-state index is 12.6. The van der Waals surface area contributed by atoms with Gasteiger partial charge in [0.1, 0.15) is 0 Å². The van der Waals surface area contributed by atoms with E-state index in [4.69, 9.17) is 0 Å². The number of hydrogen-bond acceptors (Lipinski definition) is 3. The van der Waals surface area contributed by atoms with Crippen molar-refractivity contribution in [3.8, 4) is 22.8 Å². The summed E-state index contributed by atoms with van der Waals surface area (Å²) in [4.78, 5) is 20.2. The molecule has 5 heteroatoms. The van der Waals surface area contributed by atoms with Gasteiger partial charge in [-0.2, -0.15) is 0 Å². The first-order chi connectivity index (χ1) is 11.8. The third kappa shape index (κ3) is 2.31. The molecule has 0 unspecified atom stereocenters. The fourth-order valence-corrected chi connectivity index (χ4v) is 2.82. The lowest BCUT2D eigenvalue weighted by atomic mass is 10.2. The van der Waals surface area contributed by atoms with Crippen LogP contribution in [-0.2, 0) is 6.42 Å². The fourth-order valence-electron chi connectivity index (χ4n) is 2.82. The van der Waals surface area contributed by atoms with Crippen LogP contribution in [0.15, 0.2) is 65.5 Å². The zero-order valence-corrected chi connectivity index (χ0v) is 13.2. The van der Waals surface area contributed by atoms with Crippen LogP contribution < -0.4 is 5.56 Å². The van der Waals surface area contributed by atoms with Gasteiger partial charge >= 0.3 is 0 Å². The molecule has 0 aliphatic heterocycles. The molecule has 0 radical (unpaired) electrons. The van der Waals surface area contributed by atoms with E-state index in [-0.39, 0.29) is 5.56 Å². The SMILES string of the molecule is CCc1nc(-c2ccccc2)n2nc(-c3ccccc3)[nH]c(=O)c12. The van der Waals surface area contributed by atoms with Crippen LogP contribution in [0.2, 0.25) is 0 Å². The van der Waals surface area contributed by atoms with Crippen LogP contribution in [0.5, 0.6) is 0 Å². The second-order valence-electron chi connectivity index (χ2n) is 5.53. The van der Waals surface area contributed by atoms with Gasteiger partial charge in [-0.05, 0) is 6.42 Å². The lowest BCUT2D eigenvalue weighted by Gasteiger charge is -2.04. The molecule has 2 heterocycles. The van der Waals surface area contributed by atoms with Gasteiger partial charge in [-0.15, -0.1) is 5.10 Å². The van der Waals surface area contributed by atoms with Crippen molar-refractivity contribution in [3.63, 3.8) is 0 Å². The number of benzene rings is 2. The highest BCUT2D eigenvalue weighted by Gasteiger charge is 2.17. The molecular formula is C19H16N4O. The maximum Gasteiger partial charge on any atom is 0.277 e. The summed E-state index contributed by atoms with van der Waals surface area (Å²) in [5.74, 6) is 1.22. The smallest absolute Gasteiger partial charge is 0.277 e. The number of aromatic amines is 1. The summed E-state index contributed by atoms with van der Waals surface area (Å²) in [5, 5.41) is 4.65. The standard InChI is InChI=1S/C19H16N4O/c1-2-15-16-19(24)21-17(13-9-5-3-6-10-13)22-23(16)18(20-15)14-11-7-4-8-12-14/h3-12H,2H2,1H3,(H,21,22,24). The molecule has 2 aromatic carbocycles. The molecule has 24 heavy (non-hydrogen) atoms. The molecular weight excluding hydrogens is 300 g/mol. The molecule has 0 aliphatic rings. The molecule has 0 aliphatic carbocycles. The fraction of sp³-hybridized carbons (Fsp3) is 0.105. The van der Waals surface area contributed by atoms with Crippen molar-refractivity contribution in [3.05, 3.63) is 76.7 Å². The summed E-state index contributed by atoms with van der Waals surface area (Å²) in [6, 6.07) is 19.4. The number of rotatable bonds is 3. The summed E-state index contributed by atoms with van der Waals surface area (Å²) in [6.07, 6.45) is 0.672. The van der Waals surface area contributed by atoms with E-state index in [2.05, 4.69) is 15.1 Å². The number of imidazole rings is 1. The minimum atomic E-state index is -0.171. The van der Waals surface area contributed by atoms with Gasteiger partial charge in [-0.3, -0.25) is 4.79 Å². The summed E-state index contributed by atoms with van der Waals surface area (Å²) >= 11 is 0. The third-order valence-electron chi connectivity index (χ3n) is 3.99. The van der Waals surface area contributed by atoms with E-state index in [1.54, 1.807) is 4.52 Å². The number of nitrogens with zero attached hydrogens (tertiary/aromatic N) is 3. The molecule has 0 spiro atoms. The normalized spacial score (nSPS) is 11.0. The zero-order valence-electron chi connectivity index (χ0n) is 13.2. The lowest BCUT2D eigenvalue weighted by molar-refractivity contribution is 0.896. The highest BCUT2D eigenvalue weighted by atomic mass is 16.1. The maximum absolute atomic E-state index is 12.6. The predicted octanol–water partition coefficient (Wildman–Crippen LogP) is 3.31. The van der Waals surface area contributed by atoms with Gasteiger partial charge < -0.3 is 4.98 Å². The number of aryl methyl sites for hydroxylation is 1. The van der Waals surface area contributed by atoms with Crippen LogP contribution in [0, 0.1) is 0 Å². The van der Waals surface area contributed by atoms with Gasteiger partial charge in [0, 0.05) is 11.1 Å². The molecule has 4 rings (SSSR count). The second-order valence-corrected chi connectivity index (χ2v) is 5.53. The molecule has 0 bridgehead atoms. The Hall–Kier alpha value is -3.21. The Bertz CT molecular complexity index is 1050. The number of hydrogen-bond donors (Lipinski definition) is 1. The Morgan fingerprint density at radius 2 is 1.58 bits per heavy atom. The molecule has 118 valence electrons. The highest BCUT2D eigenvalue weighted by Crippen LogP contribution is 2.22. The molecule has 0 fully saturated rings. The van der Waals surface area contributed by atoms with E-state index in [1.165, 1.54) is 0 Å². The topological polar surface area (TPSA) is 63.1 Å². The molecule has 5 nitrogen and oxygen atoms in total. The number of nitrogens with one attached hydrogen (secondary N) is 1. The van der Waals surface area contributed by atoms with Crippen LogP contribution in [0.1, 0.15) is 12.6 Å². The van der Waals surface area contributed by atoms with Gasteiger partial charge in [0.05, 0.1) is 5.69 Å². The minimum absolute atomic E-state index is 0.171. The average molecular weight is 316 g/mol. The quantitative estimate of drug-likeness (QED) is 0.630. The summed E-state index contributed by atoms with van der Waals surface area (Å²) in [5.41, 5.74) is 2.89. The van der Waals surface area contributed by atoms with Crippen LogP contribution in [0.4, 0.5) is 0 Å².